The van der Waals surface area contributed by atoms with Crippen molar-refractivity contribution < 1.29 is 13.2 Å². The van der Waals surface area contributed by atoms with Crippen molar-refractivity contribution in [2.24, 2.45) is 0 Å². The standard InChI is InChI=1S/C11H13F3N2.ClH/c12-11(13,14)10-5-9(6-16-7-10)8-1-3-15-4-2-8;/h5-8,15H,1-4H2;1H. The summed E-state index contributed by atoms with van der Waals surface area (Å²) in [5.41, 5.74) is 0.0554. The molecule has 96 valence electrons. The molecule has 0 unspecified atom stereocenters. The fourth-order valence-electron chi connectivity index (χ4n) is 1.99. The van der Waals surface area contributed by atoms with Gasteiger partial charge in [0.2, 0.25) is 0 Å². The first-order valence-corrected chi connectivity index (χ1v) is 5.30. The number of rotatable bonds is 1. The van der Waals surface area contributed by atoms with E-state index in [4.69, 9.17) is 0 Å². The van der Waals surface area contributed by atoms with E-state index >= 15 is 0 Å². The van der Waals surface area contributed by atoms with E-state index < -0.39 is 11.7 Å². The molecule has 17 heavy (non-hydrogen) atoms. The second kappa shape index (κ2) is 5.69. The van der Waals surface area contributed by atoms with E-state index in [1.807, 2.05) is 0 Å². The second-order valence-electron chi connectivity index (χ2n) is 4.03. The Kier molecular flexibility index (Phi) is 4.77. The smallest absolute Gasteiger partial charge is 0.317 e. The van der Waals surface area contributed by atoms with Gasteiger partial charge in [-0.25, -0.2) is 0 Å². The van der Waals surface area contributed by atoms with Crippen LogP contribution in [0.25, 0.3) is 0 Å². The van der Waals surface area contributed by atoms with E-state index in [2.05, 4.69) is 10.3 Å². The molecule has 1 aliphatic rings. The molecule has 0 spiro atoms. The maximum atomic E-state index is 12.5. The molecule has 1 N–H and O–H groups in total. The maximum absolute atomic E-state index is 12.5. The number of nitrogens with one attached hydrogen (secondary N) is 1. The first-order valence-electron chi connectivity index (χ1n) is 5.30. The summed E-state index contributed by atoms with van der Waals surface area (Å²) in [7, 11) is 0. The van der Waals surface area contributed by atoms with Gasteiger partial charge in [0.05, 0.1) is 5.56 Å². The Morgan fingerprint density at radius 3 is 2.41 bits per heavy atom. The normalized spacial score (nSPS) is 17.6. The van der Waals surface area contributed by atoms with Crippen molar-refractivity contribution in [3.8, 4) is 0 Å². The van der Waals surface area contributed by atoms with Crippen molar-refractivity contribution in [1.29, 1.82) is 0 Å². The van der Waals surface area contributed by atoms with E-state index in [-0.39, 0.29) is 18.3 Å². The maximum Gasteiger partial charge on any atom is 0.417 e. The van der Waals surface area contributed by atoms with E-state index in [1.165, 1.54) is 6.07 Å². The lowest BCUT2D eigenvalue weighted by Gasteiger charge is -2.23. The minimum atomic E-state index is -4.30. The molecule has 1 aliphatic heterocycles. The molecule has 2 nitrogen and oxygen atoms in total. The molecule has 1 aromatic rings. The number of nitrogens with zero attached hydrogens (tertiary/aromatic N) is 1. The largest absolute Gasteiger partial charge is 0.417 e. The summed E-state index contributed by atoms with van der Waals surface area (Å²) in [5.74, 6) is 0.205. The summed E-state index contributed by atoms with van der Waals surface area (Å²) in [4.78, 5) is 3.69. The van der Waals surface area contributed by atoms with Gasteiger partial charge in [-0.05, 0) is 43.5 Å². The molecule has 1 fully saturated rings. The van der Waals surface area contributed by atoms with E-state index in [9.17, 15) is 13.2 Å². The van der Waals surface area contributed by atoms with Gasteiger partial charge in [0.15, 0.2) is 0 Å². The molecule has 0 saturated carbocycles. The summed E-state index contributed by atoms with van der Waals surface area (Å²) in [6.45, 7) is 1.72. The Morgan fingerprint density at radius 1 is 1.18 bits per heavy atom. The number of aromatic nitrogens is 1. The van der Waals surface area contributed by atoms with Crippen LogP contribution in [0.15, 0.2) is 18.5 Å². The average molecular weight is 267 g/mol. The van der Waals surface area contributed by atoms with Gasteiger partial charge in [-0.1, -0.05) is 0 Å². The summed E-state index contributed by atoms with van der Waals surface area (Å²) >= 11 is 0. The highest BCUT2D eigenvalue weighted by Gasteiger charge is 2.31. The quantitative estimate of drug-likeness (QED) is 0.845. The average Bonchev–Trinajstić information content (AvgIpc) is 2.29. The lowest BCUT2D eigenvalue weighted by molar-refractivity contribution is -0.137. The molecule has 0 amide bonds. The van der Waals surface area contributed by atoms with E-state index in [0.29, 0.717) is 5.56 Å². The van der Waals surface area contributed by atoms with Crippen LogP contribution in [0.1, 0.15) is 29.9 Å². The van der Waals surface area contributed by atoms with Crippen LogP contribution in [0.3, 0.4) is 0 Å². The number of halogens is 4. The Labute approximate surface area is 104 Å². The minimum Gasteiger partial charge on any atom is -0.317 e. The van der Waals surface area contributed by atoms with Crippen LogP contribution in [-0.2, 0) is 6.18 Å². The van der Waals surface area contributed by atoms with Gasteiger partial charge in [-0.15, -0.1) is 12.4 Å². The number of hydrogen-bond donors (Lipinski definition) is 1. The van der Waals surface area contributed by atoms with Gasteiger partial charge < -0.3 is 5.32 Å². The Balaban J connectivity index is 0.00000144. The van der Waals surface area contributed by atoms with Gasteiger partial charge in [-0.2, -0.15) is 13.2 Å². The van der Waals surface area contributed by atoms with E-state index in [0.717, 1.165) is 32.1 Å². The fraction of sp³-hybridized carbons (Fsp3) is 0.545. The molecule has 0 atom stereocenters. The lowest BCUT2D eigenvalue weighted by Crippen LogP contribution is -2.26. The van der Waals surface area contributed by atoms with Crippen molar-refractivity contribution in [1.82, 2.24) is 10.3 Å². The van der Waals surface area contributed by atoms with Crippen molar-refractivity contribution in [3.63, 3.8) is 0 Å². The highest BCUT2D eigenvalue weighted by molar-refractivity contribution is 5.85. The van der Waals surface area contributed by atoms with Crippen molar-refractivity contribution in [2.45, 2.75) is 24.9 Å². The minimum absolute atomic E-state index is 0. The second-order valence-corrected chi connectivity index (χ2v) is 4.03. The third-order valence-electron chi connectivity index (χ3n) is 2.90. The molecular formula is C11H14ClF3N2. The molecule has 0 radical (unpaired) electrons. The monoisotopic (exact) mass is 266 g/mol. The molecule has 2 heterocycles. The Morgan fingerprint density at radius 2 is 1.82 bits per heavy atom. The predicted molar refractivity (Wildman–Crippen MR) is 61.3 cm³/mol. The third-order valence-corrected chi connectivity index (χ3v) is 2.90. The van der Waals surface area contributed by atoms with Crippen LogP contribution in [0, 0.1) is 0 Å². The Bertz CT molecular complexity index is 362. The molecule has 1 aromatic heterocycles. The molecule has 2 rings (SSSR count). The number of hydrogen-bond acceptors (Lipinski definition) is 2. The van der Waals surface area contributed by atoms with Gasteiger partial charge in [0.1, 0.15) is 0 Å². The SMILES string of the molecule is Cl.FC(F)(F)c1cncc(C2CCNCC2)c1. The molecule has 0 aromatic carbocycles. The highest BCUT2D eigenvalue weighted by atomic mass is 35.5. The van der Waals surface area contributed by atoms with Crippen molar-refractivity contribution >= 4 is 12.4 Å². The number of alkyl halides is 3. The van der Waals surface area contributed by atoms with Crippen LogP contribution in [0.5, 0.6) is 0 Å². The first-order chi connectivity index (χ1) is 7.57. The number of piperidine rings is 1. The van der Waals surface area contributed by atoms with Crippen molar-refractivity contribution in [2.75, 3.05) is 13.1 Å². The van der Waals surface area contributed by atoms with Crippen LogP contribution >= 0.6 is 12.4 Å². The zero-order valence-electron chi connectivity index (χ0n) is 9.13. The van der Waals surface area contributed by atoms with Gasteiger partial charge in [-0.3, -0.25) is 4.98 Å². The fourth-order valence-corrected chi connectivity index (χ4v) is 1.99. The number of pyridine rings is 1. The van der Waals surface area contributed by atoms with Gasteiger partial charge >= 0.3 is 6.18 Å². The molecule has 6 heteroatoms. The topological polar surface area (TPSA) is 24.9 Å². The molecule has 0 bridgehead atoms. The molecular weight excluding hydrogens is 253 g/mol. The highest BCUT2D eigenvalue weighted by Crippen LogP contribution is 2.32. The van der Waals surface area contributed by atoms with Crippen LogP contribution in [0.2, 0.25) is 0 Å². The molecule has 1 saturated heterocycles. The summed E-state index contributed by atoms with van der Waals surface area (Å²) in [6.07, 6.45) is -0.113. The van der Waals surface area contributed by atoms with Gasteiger partial charge in [0, 0.05) is 12.4 Å². The van der Waals surface area contributed by atoms with Gasteiger partial charge in [0.25, 0.3) is 0 Å². The predicted octanol–water partition coefficient (Wildman–Crippen LogP) is 2.99. The van der Waals surface area contributed by atoms with Crippen LogP contribution in [-0.4, -0.2) is 18.1 Å². The van der Waals surface area contributed by atoms with Crippen LogP contribution < -0.4 is 5.32 Å². The van der Waals surface area contributed by atoms with Crippen LogP contribution in [0.4, 0.5) is 13.2 Å². The van der Waals surface area contributed by atoms with E-state index in [1.54, 1.807) is 6.20 Å². The first kappa shape index (κ1) is 14.3. The summed E-state index contributed by atoms with van der Waals surface area (Å²) < 4.78 is 37.4. The Hall–Kier alpha value is -0.810. The summed E-state index contributed by atoms with van der Waals surface area (Å²) in [5, 5.41) is 3.19. The zero-order chi connectivity index (χ0) is 11.6. The molecule has 0 aliphatic carbocycles. The van der Waals surface area contributed by atoms with Crippen molar-refractivity contribution in [3.05, 3.63) is 29.6 Å². The summed E-state index contributed by atoms with van der Waals surface area (Å²) in [6, 6.07) is 1.23. The third kappa shape index (κ3) is 3.57. The zero-order valence-corrected chi connectivity index (χ0v) is 9.94. The lowest BCUT2D eigenvalue weighted by atomic mass is 9.91.